The van der Waals surface area contributed by atoms with Crippen molar-refractivity contribution in [2.45, 2.75) is 26.6 Å². The van der Waals surface area contributed by atoms with Gasteiger partial charge in [-0.3, -0.25) is 9.80 Å². The molecule has 0 unspecified atom stereocenters. The van der Waals surface area contributed by atoms with Crippen LogP contribution in [0.5, 0.6) is 0 Å². The molecule has 0 aliphatic carbocycles. The molecule has 5 aromatic rings. The Hall–Kier alpha value is -3.08. The van der Waals surface area contributed by atoms with Crippen molar-refractivity contribution in [1.29, 1.82) is 0 Å². The van der Waals surface area contributed by atoms with Crippen LogP contribution in [0.15, 0.2) is 72.9 Å². The van der Waals surface area contributed by atoms with Crippen LogP contribution in [0.2, 0.25) is 0 Å². The van der Waals surface area contributed by atoms with Crippen LogP contribution in [0.3, 0.4) is 0 Å². The molecule has 6 rings (SSSR count). The molecule has 1 aliphatic rings. The maximum atomic E-state index is 3.41. The maximum Gasteiger partial charge on any atom is 0.0491 e. The minimum Gasteiger partial charge on any atom is -0.361 e. The number of hydrogen-bond acceptors (Lipinski definition) is 2. The third-order valence-corrected chi connectivity index (χ3v) is 7.09. The van der Waals surface area contributed by atoms with Crippen LogP contribution in [0, 0.1) is 0 Å². The molecule has 3 heterocycles. The Balaban J connectivity index is 1.15. The molecule has 1 fully saturated rings. The van der Waals surface area contributed by atoms with Gasteiger partial charge in [0.05, 0.1) is 0 Å². The van der Waals surface area contributed by atoms with Gasteiger partial charge >= 0.3 is 0 Å². The summed E-state index contributed by atoms with van der Waals surface area (Å²) in [5.74, 6) is 0. The lowest BCUT2D eigenvalue weighted by molar-refractivity contribution is 0.122. The van der Waals surface area contributed by atoms with Gasteiger partial charge < -0.3 is 9.55 Å². The number of rotatable bonds is 5. The van der Waals surface area contributed by atoms with Crippen molar-refractivity contribution >= 4 is 32.7 Å². The van der Waals surface area contributed by atoms with Gasteiger partial charge in [-0.25, -0.2) is 0 Å². The number of aromatic amines is 1. The average Bonchev–Trinajstić information content (AvgIpc) is 3.39. The summed E-state index contributed by atoms with van der Waals surface area (Å²) in [5, 5.41) is 4.11. The Bertz CT molecular complexity index is 1380. The summed E-state index contributed by atoms with van der Waals surface area (Å²) in [6.45, 7) is 9.78. The first-order valence-electron chi connectivity index (χ1n) is 11.8. The lowest BCUT2D eigenvalue weighted by Crippen LogP contribution is -2.45. The third-order valence-electron chi connectivity index (χ3n) is 7.09. The molecule has 162 valence electrons. The zero-order valence-corrected chi connectivity index (χ0v) is 18.7. The predicted molar refractivity (Wildman–Crippen MR) is 134 cm³/mol. The number of para-hydroxylation sites is 2. The molecule has 0 atom stereocenters. The number of aryl methyl sites for hydroxylation is 1. The van der Waals surface area contributed by atoms with Crippen molar-refractivity contribution in [3.8, 4) is 0 Å². The van der Waals surface area contributed by atoms with Crippen LogP contribution in [0.25, 0.3) is 32.7 Å². The number of fused-ring (bicyclic) bond motifs is 4. The van der Waals surface area contributed by atoms with E-state index in [4.69, 9.17) is 0 Å². The summed E-state index contributed by atoms with van der Waals surface area (Å²) in [4.78, 5) is 8.60. The molecule has 0 amide bonds. The van der Waals surface area contributed by atoms with Gasteiger partial charge in [-0.1, -0.05) is 42.5 Å². The van der Waals surface area contributed by atoms with E-state index in [1.807, 2.05) is 0 Å². The molecular formula is C28H30N4. The van der Waals surface area contributed by atoms with Crippen LogP contribution in [0.4, 0.5) is 0 Å². The number of H-pyrrole nitrogens is 1. The summed E-state index contributed by atoms with van der Waals surface area (Å²) in [6, 6.07) is 24.5. The molecule has 0 spiro atoms. The summed E-state index contributed by atoms with van der Waals surface area (Å²) in [5.41, 5.74) is 6.75. The first-order chi connectivity index (χ1) is 15.8. The molecule has 32 heavy (non-hydrogen) atoms. The number of nitrogens with zero attached hydrogens (tertiary/aromatic N) is 3. The standard InChI is InChI=1S/C28H30N4/c1-2-32-27-10-6-4-8-24(27)25-17-21(11-12-28(25)32)19-30-13-15-31(16-14-30)20-22-18-29-26-9-5-3-7-23(22)26/h3-12,17-18,29H,2,13-16,19-20H2,1H3. The van der Waals surface area contributed by atoms with Crippen molar-refractivity contribution in [2.75, 3.05) is 26.2 Å². The molecule has 1 saturated heterocycles. The van der Waals surface area contributed by atoms with E-state index in [1.165, 1.54) is 43.8 Å². The first kappa shape index (κ1) is 19.6. The number of hydrogen-bond donors (Lipinski definition) is 1. The van der Waals surface area contributed by atoms with Gasteiger partial charge in [0.15, 0.2) is 0 Å². The van der Waals surface area contributed by atoms with Gasteiger partial charge in [-0.05, 0) is 42.3 Å². The molecule has 3 aromatic carbocycles. The van der Waals surface area contributed by atoms with Crippen molar-refractivity contribution in [3.05, 3.63) is 84.1 Å². The van der Waals surface area contributed by atoms with Crippen molar-refractivity contribution in [1.82, 2.24) is 19.4 Å². The van der Waals surface area contributed by atoms with E-state index in [0.717, 1.165) is 45.8 Å². The van der Waals surface area contributed by atoms with Gasteiger partial charge in [0, 0.05) is 84.7 Å². The minimum atomic E-state index is 1.00. The van der Waals surface area contributed by atoms with Crippen molar-refractivity contribution in [2.24, 2.45) is 0 Å². The van der Waals surface area contributed by atoms with E-state index in [-0.39, 0.29) is 0 Å². The van der Waals surface area contributed by atoms with E-state index in [2.05, 4.69) is 99.2 Å². The van der Waals surface area contributed by atoms with E-state index in [9.17, 15) is 0 Å². The van der Waals surface area contributed by atoms with Gasteiger partial charge in [-0.15, -0.1) is 0 Å². The summed E-state index contributed by atoms with van der Waals surface area (Å²) < 4.78 is 2.43. The van der Waals surface area contributed by atoms with E-state index in [0.29, 0.717) is 0 Å². The lowest BCUT2D eigenvalue weighted by atomic mass is 10.1. The van der Waals surface area contributed by atoms with Crippen LogP contribution in [0.1, 0.15) is 18.1 Å². The fourth-order valence-corrected chi connectivity index (χ4v) is 5.41. The molecular weight excluding hydrogens is 392 g/mol. The molecule has 0 saturated carbocycles. The smallest absolute Gasteiger partial charge is 0.0491 e. The second-order valence-electron chi connectivity index (χ2n) is 9.02. The first-order valence-corrected chi connectivity index (χ1v) is 11.8. The highest BCUT2D eigenvalue weighted by Gasteiger charge is 2.19. The van der Waals surface area contributed by atoms with Crippen LogP contribution >= 0.6 is 0 Å². The monoisotopic (exact) mass is 422 g/mol. The second-order valence-corrected chi connectivity index (χ2v) is 9.02. The zero-order valence-electron chi connectivity index (χ0n) is 18.7. The topological polar surface area (TPSA) is 27.2 Å². The van der Waals surface area contributed by atoms with E-state index < -0.39 is 0 Å². The molecule has 1 N–H and O–H groups in total. The minimum absolute atomic E-state index is 1.00. The zero-order chi connectivity index (χ0) is 21.5. The average molecular weight is 423 g/mol. The number of nitrogens with one attached hydrogen (secondary N) is 1. The number of aromatic nitrogens is 2. The van der Waals surface area contributed by atoms with Gasteiger partial charge in [-0.2, -0.15) is 0 Å². The van der Waals surface area contributed by atoms with Crippen LogP contribution in [-0.4, -0.2) is 45.5 Å². The summed E-state index contributed by atoms with van der Waals surface area (Å²) in [6.07, 6.45) is 2.18. The van der Waals surface area contributed by atoms with E-state index >= 15 is 0 Å². The number of piperazine rings is 1. The molecule has 0 bridgehead atoms. The second kappa shape index (κ2) is 8.12. The Morgan fingerprint density at radius 2 is 1.41 bits per heavy atom. The highest BCUT2D eigenvalue weighted by Crippen LogP contribution is 2.30. The van der Waals surface area contributed by atoms with Crippen LogP contribution < -0.4 is 0 Å². The van der Waals surface area contributed by atoms with Crippen molar-refractivity contribution < 1.29 is 0 Å². The lowest BCUT2D eigenvalue weighted by Gasteiger charge is -2.34. The number of benzene rings is 3. The van der Waals surface area contributed by atoms with Gasteiger partial charge in [0.25, 0.3) is 0 Å². The largest absolute Gasteiger partial charge is 0.361 e. The highest BCUT2D eigenvalue weighted by atomic mass is 15.3. The normalized spacial score (nSPS) is 15.9. The fourth-order valence-electron chi connectivity index (χ4n) is 5.41. The van der Waals surface area contributed by atoms with Gasteiger partial charge in [0.1, 0.15) is 0 Å². The summed E-state index contributed by atoms with van der Waals surface area (Å²) in [7, 11) is 0. The Morgan fingerprint density at radius 3 is 2.22 bits per heavy atom. The molecule has 4 heteroatoms. The SMILES string of the molecule is CCn1c2ccccc2c2cc(CN3CCN(Cc4c[nH]c5ccccc45)CC3)ccc21. The summed E-state index contributed by atoms with van der Waals surface area (Å²) >= 11 is 0. The fraction of sp³-hybridized carbons (Fsp3) is 0.286. The Morgan fingerprint density at radius 1 is 0.719 bits per heavy atom. The molecule has 0 radical (unpaired) electrons. The molecule has 2 aromatic heterocycles. The molecule has 1 aliphatic heterocycles. The maximum absolute atomic E-state index is 3.41. The van der Waals surface area contributed by atoms with Crippen molar-refractivity contribution in [3.63, 3.8) is 0 Å². The van der Waals surface area contributed by atoms with Gasteiger partial charge in [0.2, 0.25) is 0 Å². The Labute approximate surface area is 189 Å². The highest BCUT2D eigenvalue weighted by molar-refractivity contribution is 6.08. The van der Waals surface area contributed by atoms with Crippen LogP contribution in [-0.2, 0) is 19.6 Å². The van der Waals surface area contributed by atoms with E-state index in [1.54, 1.807) is 0 Å². The quantitative estimate of drug-likeness (QED) is 0.398. The molecule has 4 nitrogen and oxygen atoms in total. The predicted octanol–water partition coefficient (Wildman–Crippen LogP) is 5.61. The Kier molecular flexibility index (Phi) is 4.97. The third kappa shape index (κ3) is 3.40.